The molecular weight excluding hydrogens is 402 g/mol. The second-order valence-electron chi connectivity index (χ2n) is 8.35. The average Bonchev–Trinajstić information content (AvgIpc) is 3.17. The van der Waals surface area contributed by atoms with Crippen LogP contribution in [0, 0.1) is 34.6 Å². The number of benzene rings is 3. The van der Waals surface area contributed by atoms with Crippen molar-refractivity contribution in [2.24, 2.45) is 0 Å². The summed E-state index contributed by atoms with van der Waals surface area (Å²) in [5.41, 5.74) is 9.05. The molecule has 0 radical (unpaired) electrons. The van der Waals surface area contributed by atoms with Crippen LogP contribution in [0.4, 0.5) is 0 Å². The Morgan fingerprint density at radius 2 is 1.16 bits per heavy atom. The fourth-order valence-electron chi connectivity index (χ4n) is 3.80. The molecule has 0 saturated heterocycles. The molecule has 4 heteroatoms. The number of hydrogen-bond acceptors (Lipinski definition) is 2. The van der Waals surface area contributed by atoms with E-state index in [2.05, 4.69) is 26.0 Å². The van der Waals surface area contributed by atoms with E-state index >= 15 is 0 Å². The van der Waals surface area contributed by atoms with Gasteiger partial charge < -0.3 is 0 Å². The lowest BCUT2D eigenvalue weighted by molar-refractivity contribution is 0.588. The van der Waals surface area contributed by atoms with E-state index in [0.717, 1.165) is 33.4 Å². The number of nitrogens with zero attached hydrogens (tertiary/aromatic N) is 1. The number of rotatable bonds is 4. The molecular formula is C27H27NO2S. The Morgan fingerprint density at radius 3 is 1.77 bits per heavy atom. The lowest BCUT2D eigenvalue weighted by Gasteiger charge is -2.14. The fraction of sp³-hybridized carbons (Fsp3) is 0.185. The second-order valence-corrected chi connectivity index (χ2v) is 10.2. The lowest BCUT2D eigenvalue weighted by atomic mass is 9.98. The first kappa shape index (κ1) is 21.1. The molecule has 31 heavy (non-hydrogen) atoms. The van der Waals surface area contributed by atoms with Crippen LogP contribution < -0.4 is 0 Å². The van der Waals surface area contributed by atoms with E-state index in [-0.39, 0.29) is 4.90 Å². The Labute approximate surface area is 185 Å². The zero-order valence-electron chi connectivity index (χ0n) is 18.6. The van der Waals surface area contributed by atoms with Crippen LogP contribution in [0.2, 0.25) is 0 Å². The van der Waals surface area contributed by atoms with Crippen LogP contribution in [-0.4, -0.2) is 12.4 Å². The van der Waals surface area contributed by atoms with E-state index in [9.17, 15) is 8.42 Å². The highest BCUT2D eigenvalue weighted by atomic mass is 32.2. The number of aromatic nitrogens is 1. The van der Waals surface area contributed by atoms with Crippen molar-refractivity contribution in [1.82, 2.24) is 3.97 Å². The summed E-state index contributed by atoms with van der Waals surface area (Å²) in [5.74, 6) is 0. The highest BCUT2D eigenvalue weighted by Gasteiger charge is 2.23. The maximum absolute atomic E-state index is 13.7. The summed E-state index contributed by atoms with van der Waals surface area (Å²) in [7, 11) is -3.75. The Morgan fingerprint density at radius 1 is 0.613 bits per heavy atom. The Hall–Kier alpha value is -3.11. The average molecular weight is 430 g/mol. The van der Waals surface area contributed by atoms with Gasteiger partial charge in [0.2, 0.25) is 0 Å². The van der Waals surface area contributed by atoms with E-state index < -0.39 is 10.0 Å². The Kier molecular flexibility index (Phi) is 5.36. The maximum atomic E-state index is 13.7. The minimum absolute atomic E-state index is 0.284. The summed E-state index contributed by atoms with van der Waals surface area (Å²) < 4.78 is 28.8. The van der Waals surface area contributed by atoms with Gasteiger partial charge in [0.15, 0.2) is 0 Å². The largest absolute Gasteiger partial charge is 0.268 e. The van der Waals surface area contributed by atoms with Gasteiger partial charge in [-0.25, -0.2) is 12.4 Å². The first-order chi connectivity index (χ1) is 14.7. The van der Waals surface area contributed by atoms with Gasteiger partial charge in [-0.2, -0.15) is 0 Å². The number of aryl methyl sites for hydroxylation is 5. The molecule has 0 unspecified atom stereocenters. The molecule has 0 spiro atoms. The molecule has 0 saturated carbocycles. The van der Waals surface area contributed by atoms with Gasteiger partial charge in [-0.1, -0.05) is 53.6 Å². The molecule has 1 aromatic heterocycles. The topological polar surface area (TPSA) is 39.1 Å². The summed E-state index contributed by atoms with van der Waals surface area (Å²) in [5, 5.41) is 0. The van der Waals surface area contributed by atoms with Crippen LogP contribution in [-0.2, 0) is 10.0 Å². The smallest absolute Gasteiger partial charge is 0.241 e. The molecule has 4 aromatic rings. The second kappa shape index (κ2) is 7.86. The minimum Gasteiger partial charge on any atom is -0.241 e. The Balaban J connectivity index is 1.98. The van der Waals surface area contributed by atoms with Crippen molar-refractivity contribution in [3.05, 3.63) is 101 Å². The molecule has 0 bridgehead atoms. The molecule has 3 aromatic carbocycles. The standard InChI is InChI=1S/C27H27NO2S/c1-18-6-10-23(11-7-18)24-16-27(26-15-21(4)20(3)14-22(26)5)28(17-24)31(29,30)25-12-8-19(2)9-13-25/h6-17H,1-5H3. The molecule has 0 aliphatic carbocycles. The molecule has 3 nitrogen and oxygen atoms in total. The van der Waals surface area contributed by atoms with Gasteiger partial charge in [0.1, 0.15) is 0 Å². The van der Waals surface area contributed by atoms with E-state index in [0.29, 0.717) is 5.69 Å². The van der Waals surface area contributed by atoms with Crippen LogP contribution in [0.5, 0.6) is 0 Å². The van der Waals surface area contributed by atoms with Gasteiger partial charge in [0, 0.05) is 17.3 Å². The molecule has 0 fully saturated rings. The van der Waals surface area contributed by atoms with E-state index in [1.807, 2.05) is 63.2 Å². The molecule has 0 aliphatic heterocycles. The summed E-state index contributed by atoms with van der Waals surface area (Å²) in [6, 6.07) is 21.3. The first-order valence-corrected chi connectivity index (χ1v) is 11.8. The van der Waals surface area contributed by atoms with Gasteiger partial charge in [-0.3, -0.25) is 0 Å². The van der Waals surface area contributed by atoms with Crippen molar-refractivity contribution in [2.75, 3.05) is 0 Å². The van der Waals surface area contributed by atoms with Crippen molar-refractivity contribution < 1.29 is 8.42 Å². The quantitative estimate of drug-likeness (QED) is 0.366. The van der Waals surface area contributed by atoms with Crippen LogP contribution in [0.1, 0.15) is 27.8 Å². The van der Waals surface area contributed by atoms with E-state index in [1.54, 1.807) is 18.3 Å². The molecule has 0 aliphatic rings. The van der Waals surface area contributed by atoms with Crippen molar-refractivity contribution >= 4 is 10.0 Å². The highest BCUT2D eigenvalue weighted by molar-refractivity contribution is 7.90. The van der Waals surface area contributed by atoms with Gasteiger partial charge >= 0.3 is 0 Å². The van der Waals surface area contributed by atoms with Crippen molar-refractivity contribution in [2.45, 2.75) is 39.5 Å². The van der Waals surface area contributed by atoms with Crippen molar-refractivity contribution in [1.29, 1.82) is 0 Å². The number of hydrogen-bond donors (Lipinski definition) is 0. The van der Waals surface area contributed by atoms with Crippen molar-refractivity contribution in [3.63, 3.8) is 0 Å². The normalized spacial score (nSPS) is 11.6. The maximum Gasteiger partial charge on any atom is 0.268 e. The summed E-state index contributed by atoms with van der Waals surface area (Å²) in [6.45, 7) is 10.2. The molecule has 0 amide bonds. The predicted octanol–water partition coefficient (Wildman–Crippen LogP) is 6.60. The molecule has 0 N–H and O–H groups in total. The molecule has 158 valence electrons. The molecule has 0 atom stereocenters. The lowest BCUT2D eigenvalue weighted by Crippen LogP contribution is -2.13. The van der Waals surface area contributed by atoms with Crippen LogP contribution in [0.25, 0.3) is 22.4 Å². The van der Waals surface area contributed by atoms with Gasteiger partial charge in [-0.15, -0.1) is 0 Å². The third-order valence-corrected chi connectivity index (χ3v) is 7.55. The van der Waals surface area contributed by atoms with Crippen molar-refractivity contribution in [3.8, 4) is 22.4 Å². The summed E-state index contributed by atoms with van der Waals surface area (Å²) in [6.07, 6.45) is 1.74. The summed E-state index contributed by atoms with van der Waals surface area (Å²) >= 11 is 0. The molecule has 1 heterocycles. The Bertz CT molecular complexity index is 1360. The third-order valence-electron chi connectivity index (χ3n) is 5.87. The summed E-state index contributed by atoms with van der Waals surface area (Å²) in [4.78, 5) is 0.284. The first-order valence-electron chi connectivity index (χ1n) is 10.4. The monoisotopic (exact) mass is 429 g/mol. The van der Waals surface area contributed by atoms with Gasteiger partial charge in [0.05, 0.1) is 10.6 Å². The third kappa shape index (κ3) is 3.96. The minimum atomic E-state index is -3.75. The predicted molar refractivity (Wildman–Crippen MR) is 128 cm³/mol. The van der Waals surface area contributed by atoms with E-state index in [1.165, 1.54) is 15.1 Å². The SMILES string of the molecule is Cc1ccc(-c2cc(-c3cc(C)c(C)cc3C)n(S(=O)(=O)c3ccc(C)cc3)c2)cc1. The van der Waals surface area contributed by atoms with E-state index in [4.69, 9.17) is 0 Å². The van der Waals surface area contributed by atoms with Crippen LogP contribution in [0.15, 0.2) is 77.8 Å². The van der Waals surface area contributed by atoms with Crippen LogP contribution in [0.3, 0.4) is 0 Å². The van der Waals surface area contributed by atoms with Gasteiger partial charge in [-0.05, 0) is 81.1 Å². The molecule has 4 rings (SSSR count). The van der Waals surface area contributed by atoms with Crippen LogP contribution >= 0.6 is 0 Å². The van der Waals surface area contributed by atoms with Gasteiger partial charge in [0.25, 0.3) is 10.0 Å². The fourth-order valence-corrected chi connectivity index (χ4v) is 5.17. The zero-order chi connectivity index (χ0) is 22.3. The zero-order valence-corrected chi connectivity index (χ0v) is 19.4. The highest BCUT2D eigenvalue weighted by Crippen LogP contribution is 2.34.